The second-order valence-electron chi connectivity index (χ2n) is 5.20. The van der Waals surface area contributed by atoms with Gasteiger partial charge in [-0.2, -0.15) is 13.2 Å². The van der Waals surface area contributed by atoms with E-state index >= 15 is 0 Å². The SMILES string of the molecule is CCNC(=NCc1nc(C(F)(F)F)cs1)NCCc1c(F)cccc1F. The number of guanidine groups is 1. The highest BCUT2D eigenvalue weighted by atomic mass is 32.1. The third kappa shape index (κ3) is 5.65. The maximum atomic E-state index is 13.6. The van der Waals surface area contributed by atoms with Crippen LogP contribution in [0.15, 0.2) is 28.6 Å². The Morgan fingerprint density at radius 3 is 2.46 bits per heavy atom. The number of alkyl halides is 3. The fourth-order valence-corrected chi connectivity index (χ4v) is 2.80. The normalized spacial score (nSPS) is 12.3. The van der Waals surface area contributed by atoms with E-state index in [1.54, 1.807) is 0 Å². The molecule has 1 aromatic carbocycles. The molecule has 142 valence electrons. The van der Waals surface area contributed by atoms with Gasteiger partial charge >= 0.3 is 6.18 Å². The van der Waals surface area contributed by atoms with Gasteiger partial charge in [0.1, 0.15) is 16.6 Å². The summed E-state index contributed by atoms with van der Waals surface area (Å²) in [5.41, 5.74) is -0.980. The average Bonchev–Trinajstić information content (AvgIpc) is 3.04. The molecule has 2 aromatic rings. The molecule has 0 aliphatic rings. The number of rotatable bonds is 6. The van der Waals surface area contributed by atoms with Crippen LogP contribution in [0.1, 0.15) is 23.2 Å². The summed E-state index contributed by atoms with van der Waals surface area (Å²) in [4.78, 5) is 7.64. The number of thiazole rings is 1. The molecule has 26 heavy (non-hydrogen) atoms. The van der Waals surface area contributed by atoms with E-state index in [0.29, 0.717) is 12.5 Å². The number of hydrogen-bond acceptors (Lipinski definition) is 3. The largest absolute Gasteiger partial charge is 0.434 e. The third-order valence-corrected chi connectivity index (χ3v) is 4.12. The van der Waals surface area contributed by atoms with E-state index < -0.39 is 23.5 Å². The van der Waals surface area contributed by atoms with Gasteiger partial charge in [-0.05, 0) is 25.5 Å². The van der Waals surface area contributed by atoms with Gasteiger partial charge in [0.2, 0.25) is 0 Å². The highest BCUT2D eigenvalue weighted by molar-refractivity contribution is 7.09. The molecule has 0 amide bonds. The molecule has 10 heteroatoms. The predicted molar refractivity (Wildman–Crippen MR) is 90.0 cm³/mol. The van der Waals surface area contributed by atoms with Crippen molar-refractivity contribution < 1.29 is 22.0 Å². The second kappa shape index (κ2) is 8.93. The van der Waals surface area contributed by atoms with Gasteiger partial charge in [-0.1, -0.05) is 6.07 Å². The van der Waals surface area contributed by atoms with E-state index in [2.05, 4.69) is 20.6 Å². The van der Waals surface area contributed by atoms with Crippen molar-refractivity contribution in [1.29, 1.82) is 0 Å². The van der Waals surface area contributed by atoms with Crippen molar-refractivity contribution >= 4 is 17.3 Å². The number of nitrogens with one attached hydrogen (secondary N) is 2. The van der Waals surface area contributed by atoms with Crippen LogP contribution in [0.25, 0.3) is 0 Å². The molecular weight excluding hydrogens is 375 g/mol. The van der Waals surface area contributed by atoms with Crippen LogP contribution in [0.5, 0.6) is 0 Å². The van der Waals surface area contributed by atoms with Gasteiger partial charge in [0, 0.05) is 24.0 Å². The molecule has 0 saturated heterocycles. The van der Waals surface area contributed by atoms with Crippen LogP contribution in [0, 0.1) is 11.6 Å². The Hall–Kier alpha value is -2.23. The first-order valence-corrected chi connectivity index (χ1v) is 8.66. The number of benzene rings is 1. The highest BCUT2D eigenvalue weighted by Gasteiger charge is 2.33. The molecule has 2 rings (SSSR count). The van der Waals surface area contributed by atoms with Crippen molar-refractivity contribution in [3.05, 3.63) is 51.5 Å². The van der Waals surface area contributed by atoms with Gasteiger partial charge in [0.05, 0.1) is 6.54 Å². The molecule has 0 aliphatic carbocycles. The first kappa shape index (κ1) is 20.1. The summed E-state index contributed by atoms with van der Waals surface area (Å²) < 4.78 is 64.8. The third-order valence-electron chi connectivity index (χ3n) is 3.29. The van der Waals surface area contributed by atoms with Crippen LogP contribution < -0.4 is 10.6 Å². The molecule has 0 atom stereocenters. The quantitative estimate of drug-likeness (QED) is 0.447. The molecule has 4 nitrogen and oxygen atoms in total. The summed E-state index contributed by atoms with van der Waals surface area (Å²) >= 11 is 0.868. The summed E-state index contributed by atoms with van der Waals surface area (Å²) in [6, 6.07) is 3.65. The standard InChI is InChI=1S/C16H17F5N4S/c1-2-22-15(23-7-6-10-11(17)4-3-5-12(10)18)24-8-14-25-13(9-26-14)16(19,20)21/h3-5,9H,2,6-8H2,1H3,(H2,22,23,24). The van der Waals surface area contributed by atoms with E-state index in [-0.39, 0.29) is 30.1 Å². The maximum Gasteiger partial charge on any atom is 0.434 e. The molecule has 0 fully saturated rings. The zero-order valence-corrected chi connectivity index (χ0v) is 14.6. The van der Waals surface area contributed by atoms with Gasteiger partial charge < -0.3 is 10.6 Å². The fraction of sp³-hybridized carbons (Fsp3) is 0.375. The Bertz CT molecular complexity index is 737. The molecule has 2 N–H and O–H groups in total. The minimum atomic E-state index is -4.48. The molecular formula is C16H17F5N4S. The second-order valence-corrected chi connectivity index (χ2v) is 6.14. The van der Waals surface area contributed by atoms with E-state index in [0.717, 1.165) is 16.7 Å². The van der Waals surface area contributed by atoms with Gasteiger partial charge in [-0.3, -0.25) is 0 Å². The van der Waals surface area contributed by atoms with E-state index in [9.17, 15) is 22.0 Å². The van der Waals surface area contributed by atoms with Gasteiger partial charge in [-0.15, -0.1) is 11.3 Å². The Labute approximate surface area is 151 Å². The summed E-state index contributed by atoms with van der Waals surface area (Å²) in [6.07, 6.45) is -4.39. The molecule has 0 bridgehead atoms. The van der Waals surface area contributed by atoms with Crippen LogP contribution in [0.3, 0.4) is 0 Å². The fourth-order valence-electron chi connectivity index (χ4n) is 2.08. The first-order chi connectivity index (χ1) is 12.3. The Morgan fingerprint density at radius 1 is 1.19 bits per heavy atom. The van der Waals surface area contributed by atoms with Crippen molar-refractivity contribution in [2.24, 2.45) is 4.99 Å². The van der Waals surface area contributed by atoms with Crippen molar-refractivity contribution in [1.82, 2.24) is 15.6 Å². The number of hydrogen-bond donors (Lipinski definition) is 2. The molecule has 1 aromatic heterocycles. The Morgan fingerprint density at radius 2 is 1.88 bits per heavy atom. The van der Waals surface area contributed by atoms with Crippen LogP contribution in [0.2, 0.25) is 0 Å². The Kier molecular flexibility index (Phi) is 6.90. The monoisotopic (exact) mass is 392 g/mol. The first-order valence-electron chi connectivity index (χ1n) is 7.78. The van der Waals surface area contributed by atoms with E-state index in [4.69, 9.17) is 0 Å². The van der Waals surface area contributed by atoms with E-state index in [1.165, 1.54) is 18.2 Å². The lowest BCUT2D eigenvalue weighted by Crippen LogP contribution is -2.38. The topological polar surface area (TPSA) is 49.3 Å². The lowest BCUT2D eigenvalue weighted by atomic mass is 10.1. The molecule has 0 saturated carbocycles. The van der Waals surface area contributed by atoms with Gasteiger partial charge in [-0.25, -0.2) is 18.8 Å². The van der Waals surface area contributed by atoms with Crippen molar-refractivity contribution in [3.63, 3.8) is 0 Å². The van der Waals surface area contributed by atoms with E-state index in [1.807, 2.05) is 6.92 Å². The zero-order chi connectivity index (χ0) is 19.2. The summed E-state index contributed by atoms with van der Waals surface area (Å²) in [5, 5.41) is 6.96. The van der Waals surface area contributed by atoms with Crippen molar-refractivity contribution in [2.45, 2.75) is 26.1 Å². The number of halogens is 5. The number of aliphatic imine (C=N–C) groups is 1. The maximum absolute atomic E-state index is 13.6. The van der Waals surface area contributed by atoms with Crippen molar-refractivity contribution in [2.75, 3.05) is 13.1 Å². The molecule has 0 spiro atoms. The molecule has 1 heterocycles. The smallest absolute Gasteiger partial charge is 0.357 e. The lowest BCUT2D eigenvalue weighted by Gasteiger charge is -2.11. The number of aromatic nitrogens is 1. The van der Waals surface area contributed by atoms with Crippen molar-refractivity contribution in [3.8, 4) is 0 Å². The highest BCUT2D eigenvalue weighted by Crippen LogP contribution is 2.30. The summed E-state index contributed by atoms with van der Waals surface area (Å²) in [7, 11) is 0. The van der Waals surface area contributed by atoms with Crippen LogP contribution in [-0.2, 0) is 19.1 Å². The predicted octanol–water partition coefficient (Wildman–Crippen LogP) is 3.74. The van der Waals surface area contributed by atoms with Gasteiger partial charge in [0.15, 0.2) is 11.7 Å². The van der Waals surface area contributed by atoms with Crippen LogP contribution in [0.4, 0.5) is 22.0 Å². The minimum absolute atomic E-state index is 0.0365. The molecule has 0 radical (unpaired) electrons. The summed E-state index contributed by atoms with van der Waals surface area (Å²) in [5.74, 6) is -0.930. The molecule has 0 unspecified atom stereocenters. The number of nitrogens with zero attached hydrogens (tertiary/aromatic N) is 2. The zero-order valence-electron chi connectivity index (χ0n) is 13.8. The van der Waals surface area contributed by atoms with Crippen LogP contribution >= 0.6 is 11.3 Å². The van der Waals surface area contributed by atoms with Crippen LogP contribution in [-0.4, -0.2) is 24.0 Å². The molecule has 0 aliphatic heterocycles. The summed E-state index contributed by atoms with van der Waals surface area (Å²) in [6.45, 7) is 2.50. The lowest BCUT2D eigenvalue weighted by molar-refractivity contribution is -0.140. The average molecular weight is 392 g/mol. The Balaban J connectivity index is 1.95. The van der Waals surface area contributed by atoms with Gasteiger partial charge in [0.25, 0.3) is 0 Å². The minimum Gasteiger partial charge on any atom is -0.357 e.